The molecule has 0 aliphatic carbocycles. The van der Waals surface area contributed by atoms with E-state index in [1.54, 1.807) is 12.1 Å². The van der Waals surface area contributed by atoms with Crippen molar-refractivity contribution in [2.24, 2.45) is 0 Å². The zero-order valence-electron chi connectivity index (χ0n) is 11.3. The van der Waals surface area contributed by atoms with Gasteiger partial charge in [-0.2, -0.15) is 4.31 Å². The Morgan fingerprint density at radius 2 is 2.00 bits per heavy atom. The quantitative estimate of drug-likeness (QED) is 0.836. The fraction of sp³-hybridized carbons (Fsp3) is 0.538. The molecule has 0 amide bonds. The minimum atomic E-state index is -3.51. The molecule has 1 aliphatic rings. The first-order chi connectivity index (χ1) is 9.09. The molecule has 5 nitrogen and oxygen atoms in total. The van der Waals surface area contributed by atoms with Crippen LogP contribution in [0, 0.1) is 0 Å². The first kappa shape index (κ1) is 14.3. The Morgan fingerprint density at radius 3 is 2.58 bits per heavy atom. The summed E-state index contributed by atoms with van der Waals surface area (Å²) in [4.78, 5) is 0.247. The van der Waals surface area contributed by atoms with Gasteiger partial charge in [0.05, 0.1) is 20.3 Å². The predicted molar refractivity (Wildman–Crippen MR) is 71.9 cm³/mol. The standard InChI is InChI=1S/C13H19NO4S/c1-3-11-4-5-12(17-2)13(10-11)19(15,16)14-6-8-18-9-7-14/h4-5,10H,3,6-9H2,1-2H3. The van der Waals surface area contributed by atoms with Crippen molar-refractivity contribution in [3.05, 3.63) is 23.8 Å². The maximum absolute atomic E-state index is 12.6. The molecule has 2 rings (SSSR count). The van der Waals surface area contributed by atoms with Gasteiger partial charge in [-0.15, -0.1) is 0 Å². The van der Waals surface area contributed by atoms with Gasteiger partial charge in [-0.05, 0) is 24.1 Å². The van der Waals surface area contributed by atoms with Crippen LogP contribution in [0.5, 0.6) is 5.75 Å². The number of hydrogen-bond acceptors (Lipinski definition) is 4. The highest BCUT2D eigenvalue weighted by molar-refractivity contribution is 7.89. The smallest absolute Gasteiger partial charge is 0.246 e. The van der Waals surface area contributed by atoms with Crippen LogP contribution in [-0.4, -0.2) is 46.1 Å². The average Bonchev–Trinajstić information content (AvgIpc) is 2.47. The van der Waals surface area contributed by atoms with E-state index < -0.39 is 10.0 Å². The summed E-state index contributed by atoms with van der Waals surface area (Å²) in [6.07, 6.45) is 0.787. The van der Waals surface area contributed by atoms with E-state index in [4.69, 9.17) is 9.47 Å². The lowest BCUT2D eigenvalue weighted by Gasteiger charge is -2.26. The van der Waals surface area contributed by atoms with E-state index in [1.807, 2.05) is 13.0 Å². The van der Waals surface area contributed by atoms with Gasteiger partial charge in [0.15, 0.2) is 0 Å². The summed E-state index contributed by atoms with van der Waals surface area (Å²) in [5.41, 5.74) is 0.979. The lowest BCUT2D eigenvalue weighted by atomic mass is 10.2. The molecule has 0 atom stereocenters. The maximum atomic E-state index is 12.6. The molecule has 106 valence electrons. The SMILES string of the molecule is CCc1ccc(OC)c(S(=O)(=O)N2CCOCC2)c1. The molecule has 0 aromatic heterocycles. The summed E-state index contributed by atoms with van der Waals surface area (Å²) in [7, 11) is -2.02. The Balaban J connectivity index is 2.43. The molecule has 1 aromatic rings. The molecule has 1 fully saturated rings. The van der Waals surface area contributed by atoms with Crippen molar-refractivity contribution in [2.45, 2.75) is 18.2 Å². The second-order valence-electron chi connectivity index (χ2n) is 4.36. The number of methoxy groups -OCH3 is 1. The van der Waals surface area contributed by atoms with Gasteiger partial charge in [-0.1, -0.05) is 13.0 Å². The van der Waals surface area contributed by atoms with Crippen LogP contribution in [0.4, 0.5) is 0 Å². The van der Waals surface area contributed by atoms with Crippen LogP contribution in [-0.2, 0) is 21.2 Å². The molecule has 0 N–H and O–H groups in total. The molecular weight excluding hydrogens is 266 g/mol. The molecule has 19 heavy (non-hydrogen) atoms. The number of rotatable bonds is 4. The molecular formula is C13H19NO4S. The Labute approximate surface area is 114 Å². The summed E-state index contributed by atoms with van der Waals surface area (Å²) >= 11 is 0. The van der Waals surface area contributed by atoms with Crippen molar-refractivity contribution in [3.63, 3.8) is 0 Å². The Bertz CT molecular complexity index is 536. The van der Waals surface area contributed by atoms with E-state index in [2.05, 4.69) is 0 Å². The normalized spacial score (nSPS) is 17.4. The van der Waals surface area contributed by atoms with Crippen molar-refractivity contribution in [3.8, 4) is 5.75 Å². The molecule has 0 bridgehead atoms. The Morgan fingerprint density at radius 1 is 1.32 bits per heavy atom. The van der Waals surface area contributed by atoms with Gasteiger partial charge < -0.3 is 9.47 Å². The van der Waals surface area contributed by atoms with Gasteiger partial charge >= 0.3 is 0 Å². The minimum Gasteiger partial charge on any atom is -0.495 e. The zero-order chi connectivity index (χ0) is 13.9. The molecule has 1 aromatic carbocycles. The third-order valence-electron chi connectivity index (χ3n) is 3.22. The zero-order valence-corrected chi connectivity index (χ0v) is 12.1. The van der Waals surface area contributed by atoms with Crippen molar-refractivity contribution in [1.29, 1.82) is 0 Å². The Hall–Kier alpha value is -1.11. The van der Waals surface area contributed by atoms with E-state index in [9.17, 15) is 8.42 Å². The van der Waals surface area contributed by atoms with Crippen molar-refractivity contribution in [1.82, 2.24) is 4.31 Å². The van der Waals surface area contributed by atoms with Crippen LogP contribution >= 0.6 is 0 Å². The van der Waals surface area contributed by atoms with E-state index >= 15 is 0 Å². The van der Waals surface area contributed by atoms with Crippen LogP contribution < -0.4 is 4.74 Å². The summed E-state index contributed by atoms with van der Waals surface area (Å²) in [6.45, 7) is 3.65. The number of hydrogen-bond donors (Lipinski definition) is 0. The number of benzene rings is 1. The summed E-state index contributed by atoms with van der Waals surface area (Å²) in [6, 6.07) is 5.30. The van der Waals surface area contributed by atoms with E-state index in [0.717, 1.165) is 12.0 Å². The predicted octanol–water partition coefficient (Wildman–Crippen LogP) is 1.28. The monoisotopic (exact) mass is 285 g/mol. The second kappa shape index (κ2) is 5.90. The first-order valence-electron chi connectivity index (χ1n) is 6.34. The Kier molecular flexibility index (Phi) is 4.44. The van der Waals surface area contributed by atoms with Gasteiger partial charge in [0.2, 0.25) is 10.0 Å². The van der Waals surface area contributed by atoms with Gasteiger partial charge in [0.1, 0.15) is 10.6 Å². The lowest BCUT2D eigenvalue weighted by molar-refractivity contribution is 0.0729. The highest BCUT2D eigenvalue weighted by Crippen LogP contribution is 2.28. The molecule has 1 heterocycles. The number of aryl methyl sites for hydroxylation is 1. The van der Waals surface area contributed by atoms with Crippen molar-refractivity contribution >= 4 is 10.0 Å². The molecule has 0 spiro atoms. The topological polar surface area (TPSA) is 55.8 Å². The number of sulfonamides is 1. The molecule has 1 aliphatic heterocycles. The average molecular weight is 285 g/mol. The minimum absolute atomic E-state index is 0.247. The van der Waals surface area contributed by atoms with Crippen LogP contribution in [0.25, 0.3) is 0 Å². The third-order valence-corrected chi connectivity index (χ3v) is 5.14. The molecule has 0 unspecified atom stereocenters. The van der Waals surface area contributed by atoms with Crippen LogP contribution in [0.3, 0.4) is 0 Å². The van der Waals surface area contributed by atoms with Gasteiger partial charge in [-0.3, -0.25) is 0 Å². The third kappa shape index (κ3) is 2.91. The van der Waals surface area contributed by atoms with Crippen molar-refractivity contribution < 1.29 is 17.9 Å². The fourth-order valence-electron chi connectivity index (χ4n) is 2.07. The summed E-state index contributed by atoms with van der Waals surface area (Å²) in [5.74, 6) is 0.392. The number of ether oxygens (including phenoxy) is 2. The largest absolute Gasteiger partial charge is 0.495 e. The number of nitrogens with zero attached hydrogens (tertiary/aromatic N) is 1. The molecule has 0 radical (unpaired) electrons. The fourth-order valence-corrected chi connectivity index (χ4v) is 3.68. The van der Waals surface area contributed by atoms with E-state index in [-0.39, 0.29) is 4.90 Å². The van der Waals surface area contributed by atoms with Gasteiger partial charge in [0, 0.05) is 13.1 Å². The van der Waals surface area contributed by atoms with Gasteiger partial charge in [-0.25, -0.2) is 8.42 Å². The molecule has 1 saturated heterocycles. The van der Waals surface area contributed by atoms with Crippen LogP contribution in [0.1, 0.15) is 12.5 Å². The van der Waals surface area contributed by atoms with Crippen molar-refractivity contribution in [2.75, 3.05) is 33.4 Å². The van der Waals surface area contributed by atoms with Gasteiger partial charge in [0.25, 0.3) is 0 Å². The highest BCUT2D eigenvalue weighted by Gasteiger charge is 2.29. The molecule has 6 heteroatoms. The number of morpholine rings is 1. The summed E-state index contributed by atoms with van der Waals surface area (Å²) in [5, 5.41) is 0. The molecule has 0 saturated carbocycles. The second-order valence-corrected chi connectivity index (χ2v) is 6.26. The maximum Gasteiger partial charge on any atom is 0.246 e. The highest BCUT2D eigenvalue weighted by atomic mass is 32.2. The lowest BCUT2D eigenvalue weighted by Crippen LogP contribution is -2.40. The van der Waals surface area contributed by atoms with E-state index in [0.29, 0.717) is 32.1 Å². The van der Waals surface area contributed by atoms with Crippen LogP contribution in [0.15, 0.2) is 23.1 Å². The van der Waals surface area contributed by atoms with E-state index in [1.165, 1.54) is 11.4 Å². The first-order valence-corrected chi connectivity index (χ1v) is 7.78. The summed E-state index contributed by atoms with van der Waals surface area (Å²) < 4.78 is 37.1. The van der Waals surface area contributed by atoms with Crippen LogP contribution in [0.2, 0.25) is 0 Å².